The van der Waals surface area contributed by atoms with Crippen molar-refractivity contribution in [1.29, 1.82) is 0 Å². The quantitative estimate of drug-likeness (QED) is 0.583. The molecule has 2 saturated heterocycles. The second-order valence-electron chi connectivity index (χ2n) is 11.4. The number of para-hydroxylation sites is 1. The maximum absolute atomic E-state index is 13.8. The van der Waals surface area contributed by atoms with Crippen LogP contribution in [0.15, 0.2) is 48.5 Å². The Morgan fingerprint density at radius 1 is 0.972 bits per heavy atom. The average molecular weight is 487 g/mol. The van der Waals surface area contributed by atoms with Crippen molar-refractivity contribution in [1.82, 2.24) is 20.1 Å². The van der Waals surface area contributed by atoms with E-state index in [-0.39, 0.29) is 29.8 Å². The van der Waals surface area contributed by atoms with Crippen LogP contribution in [0.25, 0.3) is 10.9 Å². The number of carbonyl (C=O) groups is 3. The summed E-state index contributed by atoms with van der Waals surface area (Å²) in [6.45, 7) is 10.9. The number of rotatable bonds is 4. The first-order chi connectivity index (χ1) is 17.0. The van der Waals surface area contributed by atoms with Crippen LogP contribution < -0.4 is 5.32 Å². The van der Waals surface area contributed by atoms with Gasteiger partial charge in [-0.1, -0.05) is 56.7 Å². The summed E-state index contributed by atoms with van der Waals surface area (Å²) in [6, 6.07) is 14.7. The molecule has 2 aromatic carbocycles. The van der Waals surface area contributed by atoms with Gasteiger partial charge in [-0.25, -0.2) is 0 Å². The zero-order valence-electron chi connectivity index (χ0n) is 21.6. The number of aromatic amines is 1. The van der Waals surface area contributed by atoms with Gasteiger partial charge in [0.25, 0.3) is 11.8 Å². The third-order valence-electron chi connectivity index (χ3n) is 7.57. The van der Waals surface area contributed by atoms with E-state index in [1.165, 1.54) is 0 Å². The molecule has 5 rings (SSSR count). The van der Waals surface area contributed by atoms with Crippen LogP contribution in [0.5, 0.6) is 0 Å². The molecule has 7 heteroatoms. The van der Waals surface area contributed by atoms with E-state index in [0.717, 1.165) is 34.0 Å². The molecule has 2 bridgehead atoms. The molecule has 7 nitrogen and oxygen atoms in total. The Labute approximate surface area is 211 Å². The molecule has 3 atom stereocenters. The Morgan fingerprint density at radius 2 is 1.67 bits per heavy atom. The fourth-order valence-electron chi connectivity index (χ4n) is 5.53. The van der Waals surface area contributed by atoms with Gasteiger partial charge in [0.1, 0.15) is 11.7 Å². The minimum absolute atomic E-state index is 0.00334. The van der Waals surface area contributed by atoms with Crippen molar-refractivity contribution < 1.29 is 14.4 Å². The first-order valence-corrected chi connectivity index (χ1v) is 12.6. The second kappa shape index (κ2) is 8.80. The maximum Gasteiger partial charge on any atom is 0.268 e. The van der Waals surface area contributed by atoms with Gasteiger partial charge in [-0.05, 0) is 49.4 Å². The zero-order chi connectivity index (χ0) is 25.8. The number of fused-ring (bicyclic) bond motifs is 3. The summed E-state index contributed by atoms with van der Waals surface area (Å²) in [5.41, 5.74) is 3.60. The van der Waals surface area contributed by atoms with Gasteiger partial charge in [-0.2, -0.15) is 0 Å². The molecule has 0 saturated carbocycles. The van der Waals surface area contributed by atoms with Crippen LogP contribution in [0.4, 0.5) is 0 Å². The molecule has 0 spiro atoms. The van der Waals surface area contributed by atoms with E-state index >= 15 is 0 Å². The standard InChI is InChI=1S/C29H34N4O3/c1-17-10-11-18(2)22(12-17)27(35)32-15-21-14-20(32)16-33(21)28(36)25(29(3,4)5)31-26(34)24-13-19-8-6-7-9-23(19)30-24/h6-13,20-21,25,30H,14-16H2,1-5H3,(H,31,34)/t20-,21-,25+/m0/s1. The van der Waals surface area contributed by atoms with E-state index in [0.29, 0.717) is 18.8 Å². The summed E-state index contributed by atoms with van der Waals surface area (Å²) in [5, 5.41) is 3.95. The number of piperazine rings is 1. The molecule has 2 fully saturated rings. The lowest BCUT2D eigenvalue weighted by molar-refractivity contribution is -0.138. The van der Waals surface area contributed by atoms with E-state index in [9.17, 15) is 14.4 Å². The normalized spacial score (nSPS) is 20.1. The summed E-state index contributed by atoms with van der Waals surface area (Å²) >= 11 is 0. The Balaban J connectivity index is 1.31. The van der Waals surface area contributed by atoms with Crippen molar-refractivity contribution in [2.24, 2.45) is 5.41 Å². The topological polar surface area (TPSA) is 85.5 Å². The van der Waals surface area contributed by atoms with E-state index < -0.39 is 11.5 Å². The van der Waals surface area contributed by atoms with Crippen LogP contribution in [-0.2, 0) is 4.79 Å². The number of aryl methyl sites for hydroxylation is 2. The van der Waals surface area contributed by atoms with Crippen molar-refractivity contribution in [2.45, 2.75) is 59.2 Å². The Kier molecular flexibility index (Phi) is 5.89. The van der Waals surface area contributed by atoms with Crippen LogP contribution >= 0.6 is 0 Å². The smallest absolute Gasteiger partial charge is 0.268 e. The average Bonchev–Trinajstić information content (AvgIpc) is 3.56. The summed E-state index contributed by atoms with van der Waals surface area (Å²) in [7, 11) is 0. The number of H-pyrrole nitrogens is 1. The van der Waals surface area contributed by atoms with E-state index in [1.807, 2.05) is 92.9 Å². The highest BCUT2D eigenvalue weighted by atomic mass is 16.2. The van der Waals surface area contributed by atoms with Crippen molar-refractivity contribution in [3.05, 3.63) is 70.9 Å². The van der Waals surface area contributed by atoms with Crippen LogP contribution in [0.2, 0.25) is 0 Å². The molecule has 2 aliphatic rings. The molecular weight excluding hydrogens is 452 g/mol. The summed E-state index contributed by atoms with van der Waals surface area (Å²) in [4.78, 5) is 47.2. The lowest BCUT2D eigenvalue weighted by Crippen LogP contribution is -2.59. The van der Waals surface area contributed by atoms with Gasteiger partial charge in [0.15, 0.2) is 0 Å². The summed E-state index contributed by atoms with van der Waals surface area (Å²) < 4.78 is 0. The first kappa shape index (κ1) is 24.1. The fourth-order valence-corrected chi connectivity index (χ4v) is 5.53. The Bertz CT molecular complexity index is 1320. The highest BCUT2D eigenvalue weighted by molar-refractivity contribution is 6.00. The molecule has 3 amide bonds. The van der Waals surface area contributed by atoms with E-state index in [2.05, 4.69) is 10.3 Å². The monoisotopic (exact) mass is 486 g/mol. The summed E-state index contributed by atoms with van der Waals surface area (Å²) in [5.74, 6) is -0.343. The molecule has 3 aromatic rings. The molecule has 36 heavy (non-hydrogen) atoms. The minimum atomic E-state index is -0.682. The van der Waals surface area contributed by atoms with Gasteiger partial charge in [-0.15, -0.1) is 0 Å². The van der Waals surface area contributed by atoms with Gasteiger partial charge < -0.3 is 20.1 Å². The lowest BCUT2D eigenvalue weighted by atomic mass is 9.85. The van der Waals surface area contributed by atoms with E-state index in [4.69, 9.17) is 0 Å². The van der Waals surface area contributed by atoms with E-state index in [1.54, 1.807) is 0 Å². The van der Waals surface area contributed by atoms with Crippen molar-refractivity contribution >= 4 is 28.6 Å². The second-order valence-corrected chi connectivity index (χ2v) is 11.4. The number of carbonyl (C=O) groups excluding carboxylic acids is 3. The van der Waals surface area contributed by atoms with Crippen LogP contribution in [-0.4, -0.2) is 63.7 Å². The molecule has 0 radical (unpaired) electrons. The SMILES string of the molecule is Cc1ccc(C)c(C(=O)N2C[C@@H]3C[C@H]2CN3C(=O)[C@@H](NC(=O)c2cc3ccccc3[nH]2)C(C)(C)C)c1. The Hall–Kier alpha value is -3.61. The van der Waals surface area contributed by atoms with Crippen LogP contribution in [0.3, 0.4) is 0 Å². The molecule has 3 heterocycles. The minimum Gasteiger partial charge on any atom is -0.351 e. The highest BCUT2D eigenvalue weighted by Crippen LogP contribution is 2.34. The number of amides is 3. The molecule has 1 aromatic heterocycles. The van der Waals surface area contributed by atoms with Crippen molar-refractivity contribution in [2.75, 3.05) is 13.1 Å². The van der Waals surface area contributed by atoms with Gasteiger partial charge in [0.05, 0.1) is 12.1 Å². The van der Waals surface area contributed by atoms with Gasteiger partial charge >= 0.3 is 0 Å². The first-order valence-electron chi connectivity index (χ1n) is 12.6. The zero-order valence-corrected chi connectivity index (χ0v) is 21.6. The number of hydrogen-bond donors (Lipinski definition) is 2. The number of nitrogens with zero attached hydrogens (tertiary/aromatic N) is 2. The summed E-state index contributed by atoms with van der Waals surface area (Å²) in [6.07, 6.45) is 0.773. The third kappa shape index (κ3) is 4.27. The van der Waals surface area contributed by atoms with Crippen LogP contribution in [0.1, 0.15) is 59.2 Å². The number of likely N-dealkylation sites (tertiary alicyclic amines) is 2. The Morgan fingerprint density at radius 3 is 2.33 bits per heavy atom. The molecule has 2 aliphatic heterocycles. The van der Waals surface area contributed by atoms with Crippen LogP contribution in [0, 0.1) is 19.3 Å². The van der Waals surface area contributed by atoms with Gasteiger partial charge in [0, 0.05) is 29.6 Å². The fraction of sp³-hybridized carbons (Fsp3) is 0.414. The third-order valence-corrected chi connectivity index (χ3v) is 7.57. The predicted molar refractivity (Wildman–Crippen MR) is 140 cm³/mol. The maximum atomic E-state index is 13.8. The van der Waals surface area contributed by atoms with Crippen molar-refractivity contribution in [3.8, 4) is 0 Å². The molecule has 188 valence electrons. The molecule has 0 unspecified atom stereocenters. The predicted octanol–water partition coefficient (Wildman–Crippen LogP) is 4.05. The van der Waals surface area contributed by atoms with Gasteiger partial charge in [-0.3, -0.25) is 14.4 Å². The number of benzene rings is 2. The number of hydrogen-bond acceptors (Lipinski definition) is 3. The van der Waals surface area contributed by atoms with Gasteiger partial charge in [0.2, 0.25) is 5.91 Å². The molecule has 2 N–H and O–H groups in total. The number of aromatic nitrogens is 1. The molecule has 0 aliphatic carbocycles. The van der Waals surface area contributed by atoms with Crippen molar-refractivity contribution in [3.63, 3.8) is 0 Å². The molecular formula is C29H34N4O3. The highest BCUT2D eigenvalue weighted by Gasteiger charge is 2.50. The lowest BCUT2D eigenvalue weighted by Gasteiger charge is -2.39. The number of nitrogens with one attached hydrogen (secondary N) is 2. The largest absolute Gasteiger partial charge is 0.351 e.